The van der Waals surface area contributed by atoms with E-state index in [4.69, 9.17) is 9.47 Å². The van der Waals surface area contributed by atoms with Gasteiger partial charge >= 0.3 is 0 Å². The lowest BCUT2D eigenvalue weighted by Crippen LogP contribution is -2.24. The van der Waals surface area contributed by atoms with E-state index in [1.54, 1.807) is 14.2 Å². The van der Waals surface area contributed by atoms with Crippen LogP contribution in [0.4, 0.5) is 0 Å². The second-order valence-electron chi connectivity index (χ2n) is 4.98. The van der Waals surface area contributed by atoms with Crippen LogP contribution < -0.4 is 9.47 Å². The Balaban J connectivity index is 2.40. The maximum atomic E-state index is 11.3. The van der Waals surface area contributed by atoms with Crippen LogP contribution in [0.15, 0.2) is 36.4 Å². The third-order valence-electron chi connectivity index (χ3n) is 4.12. The number of fused-ring (bicyclic) bond motifs is 3. The molecule has 3 heteroatoms. The zero-order valence-electron chi connectivity index (χ0n) is 11.9. The highest BCUT2D eigenvalue weighted by atomic mass is 16.5. The minimum absolute atomic E-state index is 0.563. The van der Waals surface area contributed by atoms with Gasteiger partial charge in [-0.05, 0) is 29.7 Å². The molecule has 3 nitrogen and oxygen atoms in total. The summed E-state index contributed by atoms with van der Waals surface area (Å²) in [6.07, 6.45) is 0.563. The Morgan fingerprint density at radius 1 is 0.900 bits per heavy atom. The Bertz CT molecular complexity index is 608. The van der Waals surface area contributed by atoms with E-state index in [0.717, 1.165) is 22.3 Å². The van der Waals surface area contributed by atoms with Crippen molar-refractivity contribution < 1.29 is 14.6 Å². The molecule has 0 atom stereocenters. The summed E-state index contributed by atoms with van der Waals surface area (Å²) in [7, 11) is 3.26. The Morgan fingerprint density at radius 3 is 1.70 bits per heavy atom. The van der Waals surface area contributed by atoms with Crippen molar-refractivity contribution in [3.8, 4) is 22.6 Å². The van der Waals surface area contributed by atoms with Crippen molar-refractivity contribution in [3.63, 3.8) is 0 Å². The fraction of sp³-hybridized carbons (Fsp3) is 0.294. The first-order chi connectivity index (χ1) is 9.67. The van der Waals surface area contributed by atoms with Gasteiger partial charge in [-0.1, -0.05) is 31.2 Å². The Labute approximate surface area is 118 Å². The molecular formula is C17H18O3. The average Bonchev–Trinajstić information content (AvgIpc) is 2.78. The van der Waals surface area contributed by atoms with Gasteiger partial charge in [0.1, 0.15) is 17.1 Å². The lowest BCUT2D eigenvalue weighted by atomic mass is 9.88. The summed E-state index contributed by atoms with van der Waals surface area (Å²) >= 11 is 0. The van der Waals surface area contributed by atoms with Crippen LogP contribution in [0.5, 0.6) is 11.5 Å². The van der Waals surface area contributed by atoms with Crippen molar-refractivity contribution in [2.24, 2.45) is 0 Å². The summed E-state index contributed by atoms with van der Waals surface area (Å²) in [6.45, 7) is 1.97. The third kappa shape index (κ3) is 1.50. The Morgan fingerprint density at radius 2 is 1.35 bits per heavy atom. The van der Waals surface area contributed by atoms with Crippen molar-refractivity contribution in [2.75, 3.05) is 14.2 Å². The van der Waals surface area contributed by atoms with Crippen LogP contribution in [0.25, 0.3) is 11.1 Å². The van der Waals surface area contributed by atoms with Gasteiger partial charge < -0.3 is 14.6 Å². The Hall–Kier alpha value is -2.00. The molecule has 20 heavy (non-hydrogen) atoms. The molecule has 1 aliphatic carbocycles. The fourth-order valence-corrected chi connectivity index (χ4v) is 3.18. The molecule has 0 aliphatic heterocycles. The van der Waals surface area contributed by atoms with Gasteiger partial charge in [0.2, 0.25) is 0 Å². The summed E-state index contributed by atoms with van der Waals surface area (Å²) in [5, 5.41) is 11.3. The molecular weight excluding hydrogens is 252 g/mol. The summed E-state index contributed by atoms with van der Waals surface area (Å²) < 4.78 is 10.9. The molecule has 0 heterocycles. The molecule has 0 unspecified atom stereocenters. The van der Waals surface area contributed by atoms with Gasteiger partial charge in [-0.15, -0.1) is 0 Å². The summed E-state index contributed by atoms with van der Waals surface area (Å²) in [4.78, 5) is 0. The largest absolute Gasteiger partial charge is 0.496 e. The standard InChI is InChI=1S/C17H18O3/c1-4-17(18)15-11(7-5-9-13(15)19-2)12-8-6-10-14(20-3)16(12)17/h5-10,18H,4H2,1-3H3. The Kier molecular flexibility index (Phi) is 2.94. The molecule has 0 amide bonds. The molecule has 0 saturated heterocycles. The summed E-state index contributed by atoms with van der Waals surface area (Å²) in [6, 6.07) is 11.7. The zero-order chi connectivity index (χ0) is 14.3. The van der Waals surface area contributed by atoms with Gasteiger partial charge in [0, 0.05) is 11.1 Å². The monoisotopic (exact) mass is 270 g/mol. The van der Waals surface area contributed by atoms with Gasteiger partial charge in [0.05, 0.1) is 14.2 Å². The molecule has 1 N–H and O–H groups in total. The van der Waals surface area contributed by atoms with Crippen LogP contribution in [-0.4, -0.2) is 19.3 Å². The maximum Gasteiger partial charge on any atom is 0.125 e. The second kappa shape index (κ2) is 4.53. The van der Waals surface area contributed by atoms with Crippen molar-refractivity contribution >= 4 is 0 Å². The van der Waals surface area contributed by atoms with E-state index in [-0.39, 0.29) is 0 Å². The molecule has 104 valence electrons. The van der Waals surface area contributed by atoms with Crippen LogP contribution in [0.2, 0.25) is 0 Å². The zero-order valence-corrected chi connectivity index (χ0v) is 11.9. The molecule has 0 saturated carbocycles. The molecule has 0 aromatic heterocycles. The number of benzene rings is 2. The van der Waals surface area contributed by atoms with Crippen molar-refractivity contribution in [2.45, 2.75) is 18.9 Å². The van der Waals surface area contributed by atoms with Crippen molar-refractivity contribution in [1.29, 1.82) is 0 Å². The van der Waals surface area contributed by atoms with E-state index in [9.17, 15) is 5.11 Å². The number of rotatable bonds is 3. The summed E-state index contributed by atoms with van der Waals surface area (Å²) in [5.74, 6) is 1.43. The van der Waals surface area contributed by atoms with Gasteiger partial charge in [-0.2, -0.15) is 0 Å². The fourth-order valence-electron chi connectivity index (χ4n) is 3.18. The van der Waals surface area contributed by atoms with E-state index >= 15 is 0 Å². The maximum absolute atomic E-state index is 11.3. The van der Waals surface area contributed by atoms with E-state index in [0.29, 0.717) is 17.9 Å². The lowest BCUT2D eigenvalue weighted by Gasteiger charge is -2.26. The van der Waals surface area contributed by atoms with E-state index in [1.165, 1.54) is 0 Å². The molecule has 1 aliphatic rings. The predicted octanol–water partition coefficient (Wildman–Crippen LogP) is 3.33. The quantitative estimate of drug-likeness (QED) is 0.929. The van der Waals surface area contributed by atoms with Crippen LogP contribution in [0.3, 0.4) is 0 Å². The smallest absolute Gasteiger partial charge is 0.125 e. The highest BCUT2D eigenvalue weighted by Gasteiger charge is 2.44. The first-order valence-electron chi connectivity index (χ1n) is 6.75. The molecule has 0 bridgehead atoms. The SMILES string of the molecule is CCC1(O)c2c(OC)cccc2-c2cccc(OC)c21. The van der Waals surface area contributed by atoms with Crippen LogP contribution in [-0.2, 0) is 5.60 Å². The minimum Gasteiger partial charge on any atom is -0.496 e. The number of hydrogen-bond acceptors (Lipinski definition) is 3. The van der Waals surface area contributed by atoms with Crippen LogP contribution >= 0.6 is 0 Å². The highest BCUT2D eigenvalue weighted by molar-refractivity contribution is 5.84. The topological polar surface area (TPSA) is 38.7 Å². The number of methoxy groups -OCH3 is 2. The lowest BCUT2D eigenvalue weighted by molar-refractivity contribution is 0.0759. The number of ether oxygens (including phenoxy) is 2. The first kappa shape index (κ1) is 13.0. The molecule has 0 spiro atoms. The van der Waals surface area contributed by atoms with Gasteiger partial charge in [0.15, 0.2) is 0 Å². The number of aliphatic hydroxyl groups is 1. The van der Waals surface area contributed by atoms with Crippen molar-refractivity contribution in [3.05, 3.63) is 47.5 Å². The second-order valence-corrected chi connectivity index (χ2v) is 4.98. The molecule has 2 aromatic rings. The minimum atomic E-state index is -1.07. The molecule has 0 fully saturated rings. The van der Waals surface area contributed by atoms with E-state index in [2.05, 4.69) is 0 Å². The van der Waals surface area contributed by atoms with Crippen LogP contribution in [0, 0.1) is 0 Å². The predicted molar refractivity (Wildman–Crippen MR) is 78.3 cm³/mol. The third-order valence-corrected chi connectivity index (χ3v) is 4.12. The summed E-state index contributed by atoms with van der Waals surface area (Å²) in [5.41, 5.74) is 2.64. The highest BCUT2D eigenvalue weighted by Crippen LogP contribution is 2.55. The molecule has 3 rings (SSSR count). The van der Waals surface area contributed by atoms with Crippen molar-refractivity contribution in [1.82, 2.24) is 0 Å². The normalized spacial score (nSPS) is 14.6. The van der Waals surface area contributed by atoms with E-state index < -0.39 is 5.60 Å². The molecule has 2 aromatic carbocycles. The number of hydrogen-bond donors (Lipinski definition) is 1. The van der Waals surface area contributed by atoms with Gasteiger partial charge in [0.25, 0.3) is 0 Å². The van der Waals surface area contributed by atoms with Gasteiger partial charge in [-0.3, -0.25) is 0 Å². The van der Waals surface area contributed by atoms with Crippen LogP contribution in [0.1, 0.15) is 24.5 Å². The molecule has 0 radical (unpaired) electrons. The van der Waals surface area contributed by atoms with Gasteiger partial charge in [-0.25, -0.2) is 0 Å². The first-order valence-corrected chi connectivity index (χ1v) is 6.75. The van der Waals surface area contributed by atoms with E-state index in [1.807, 2.05) is 43.3 Å². The average molecular weight is 270 g/mol.